The second-order valence-corrected chi connectivity index (χ2v) is 5.25. The molecule has 0 N–H and O–H groups in total. The van der Waals surface area contributed by atoms with E-state index in [9.17, 15) is 4.79 Å². The minimum atomic E-state index is -0.599. The summed E-state index contributed by atoms with van der Waals surface area (Å²) in [6, 6.07) is 11.5. The van der Waals surface area contributed by atoms with Gasteiger partial charge in [-0.15, -0.1) is 0 Å². The van der Waals surface area contributed by atoms with Gasteiger partial charge < -0.3 is 4.74 Å². The van der Waals surface area contributed by atoms with Crippen LogP contribution in [0.2, 0.25) is 0 Å². The van der Waals surface area contributed by atoms with Crippen molar-refractivity contribution in [3.63, 3.8) is 0 Å². The number of carbonyl (C=O) groups is 1. The summed E-state index contributed by atoms with van der Waals surface area (Å²) in [5, 5.41) is 9.73. The van der Waals surface area contributed by atoms with Gasteiger partial charge in [0, 0.05) is 0 Å². The molecule has 0 saturated heterocycles. The van der Waals surface area contributed by atoms with Gasteiger partial charge in [-0.1, -0.05) is 30.3 Å². The predicted octanol–water partition coefficient (Wildman–Crippen LogP) is 3.27. The second-order valence-electron chi connectivity index (χ2n) is 5.25. The SMILES string of the molecule is CC(C)(C)OC(=O)N(CCC#N)OCc1ccccc1. The minimum Gasteiger partial charge on any atom is -0.442 e. The molecule has 20 heavy (non-hydrogen) atoms. The minimum absolute atomic E-state index is 0.179. The standard InChI is InChI=1S/C15H20N2O3/c1-15(2,3)20-14(18)17(11-7-10-16)19-12-13-8-5-4-6-9-13/h4-6,8-9H,7,11-12H2,1-3H3. The van der Waals surface area contributed by atoms with Crippen LogP contribution in [0.15, 0.2) is 30.3 Å². The lowest BCUT2D eigenvalue weighted by Gasteiger charge is -2.26. The van der Waals surface area contributed by atoms with Crippen molar-refractivity contribution >= 4 is 6.09 Å². The van der Waals surface area contributed by atoms with Crippen molar-refractivity contribution in [2.75, 3.05) is 6.54 Å². The lowest BCUT2D eigenvalue weighted by Crippen LogP contribution is -2.37. The average molecular weight is 276 g/mol. The Kier molecular flexibility index (Phi) is 6.01. The molecule has 0 radical (unpaired) electrons. The topological polar surface area (TPSA) is 62.6 Å². The fourth-order valence-electron chi connectivity index (χ4n) is 1.40. The van der Waals surface area contributed by atoms with Crippen molar-refractivity contribution in [2.24, 2.45) is 0 Å². The van der Waals surface area contributed by atoms with Crippen molar-refractivity contribution in [1.29, 1.82) is 5.26 Å². The number of hydroxylamine groups is 2. The van der Waals surface area contributed by atoms with Crippen LogP contribution in [0.3, 0.4) is 0 Å². The highest BCUT2D eigenvalue weighted by atomic mass is 16.7. The number of nitrogens with zero attached hydrogens (tertiary/aromatic N) is 2. The van der Waals surface area contributed by atoms with Crippen molar-refractivity contribution in [2.45, 2.75) is 39.4 Å². The maximum absolute atomic E-state index is 12.0. The maximum Gasteiger partial charge on any atom is 0.434 e. The van der Waals surface area contributed by atoms with Crippen molar-refractivity contribution in [3.8, 4) is 6.07 Å². The Morgan fingerprint density at radius 3 is 2.50 bits per heavy atom. The smallest absolute Gasteiger partial charge is 0.434 e. The summed E-state index contributed by atoms with van der Waals surface area (Å²) in [6.07, 6.45) is -0.391. The van der Waals surface area contributed by atoms with Crippen molar-refractivity contribution < 1.29 is 14.4 Å². The molecule has 0 bridgehead atoms. The number of carbonyl (C=O) groups excluding carboxylic acids is 1. The van der Waals surface area contributed by atoms with Crippen LogP contribution in [0.4, 0.5) is 4.79 Å². The molecule has 0 aliphatic rings. The van der Waals surface area contributed by atoms with Crippen LogP contribution >= 0.6 is 0 Å². The Morgan fingerprint density at radius 1 is 1.30 bits per heavy atom. The monoisotopic (exact) mass is 276 g/mol. The zero-order valence-corrected chi connectivity index (χ0v) is 12.1. The molecule has 0 saturated carbocycles. The van der Waals surface area contributed by atoms with Crippen LogP contribution in [0.5, 0.6) is 0 Å². The van der Waals surface area contributed by atoms with Crippen LogP contribution < -0.4 is 0 Å². The van der Waals surface area contributed by atoms with E-state index < -0.39 is 11.7 Å². The zero-order chi connectivity index (χ0) is 15.0. The van der Waals surface area contributed by atoms with E-state index in [0.29, 0.717) is 0 Å². The fourth-order valence-corrected chi connectivity index (χ4v) is 1.40. The van der Waals surface area contributed by atoms with E-state index in [-0.39, 0.29) is 19.6 Å². The predicted molar refractivity (Wildman–Crippen MR) is 74.4 cm³/mol. The molecule has 0 unspecified atom stereocenters. The van der Waals surface area contributed by atoms with Gasteiger partial charge in [-0.3, -0.25) is 4.84 Å². The first-order valence-electron chi connectivity index (χ1n) is 6.46. The number of amides is 1. The molecule has 1 aromatic carbocycles. The third-order valence-corrected chi connectivity index (χ3v) is 2.25. The number of rotatable bonds is 5. The van der Waals surface area contributed by atoms with Crippen LogP contribution in [-0.4, -0.2) is 23.3 Å². The van der Waals surface area contributed by atoms with E-state index in [1.54, 1.807) is 20.8 Å². The van der Waals surface area contributed by atoms with Gasteiger partial charge in [0.1, 0.15) is 12.2 Å². The summed E-state index contributed by atoms with van der Waals surface area (Å²) in [4.78, 5) is 17.4. The molecule has 0 aliphatic heterocycles. The molecule has 5 heteroatoms. The summed E-state index contributed by atoms with van der Waals surface area (Å²) in [6.45, 7) is 5.78. The van der Waals surface area contributed by atoms with Gasteiger partial charge in [-0.05, 0) is 26.3 Å². The average Bonchev–Trinajstić information content (AvgIpc) is 2.38. The third kappa shape index (κ3) is 6.21. The summed E-state index contributed by atoms with van der Waals surface area (Å²) >= 11 is 0. The molecule has 108 valence electrons. The Labute approximate surface area is 119 Å². The highest BCUT2D eigenvalue weighted by molar-refractivity contribution is 5.66. The van der Waals surface area contributed by atoms with Crippen LogP contribution in [0.1, 0.15) is 32.8 Å². The Morgan fingerprint density at radius 2 is 1.95 bits per heavy atom. The van der Waals surface area contributed by atoms with E-state index in [1.165, 1.54) is 0 Å². The molecule has 1 amide bonds. The molecule has 1 aromatic rings. The summed E-state index contributed by atoms with van der Waals surface area (Å²) in [7, 11) is 0. The molecule has 0 heterocycles. The number of hydrogen-bond acceptors (Lipinski definition) is 4. The summed E-state index contributed by atoms with van der Waals surface area (Å²) in [5.74, 6) is 0. The van der Waals surface area contributed by atoms with E-state index in [1.807, 2.05) is 36.4 Å². The number of ether oxygens (including phenoxy) is 1. The number of benzene rings is 1. The normalized spacial score (nSPS) is 10.7. The van der Waals surface area contributed by atoms with Crippen molar-refractivity contribution in [1.82, 2.24) is 5.06 Å². The van der Waals surface area contributed by atoms with Crippen molar-refractivity contribution in [3.05, 3.63) is 35.9 Å². The van der Waals surface area contributed by atoms with Crippen LogP contribution in [-0.2, 0) is 16.2 Å². The summed E-state index contributed by atoms with van der Waals surface area (Å²) in [5.41, 5.74) is 0.343. The molecule has 5 nitrogen and oxygen atoms in total. The second kappa shape index (κ2) is 7.51. The van der Waals surface area contributed by atoms with Gasteiger partial charge in [0.05, 0.1) is 19.0 Å². The van der Waals surface area contributed by atoms with E-state index in [2.05, 4.69) is 0 Å². The first-order chi connectivity index (χ1) is 9.42. The first-order valence-corrected chi connectivity index (χ1v) is 6.46. The molecule has 0 atom stereocenters. The van der Waals surface area contributed by atoms with E-state index in [4.69, 9.17) is 14.8 Å². The fraction of sp³-hybridized carbons (Fsp3) is 0.467. The molecule has 0 spiro atoms. The Bertz CT molecular complexity index is 460. The van der Waals surface area contributed by atoms with Gasteiger partial charge in [-0.25, -0.2) is 4.79 Å². The van der Waals surface area contributed by atoms with Gasteiger partial charge >= 0.3 is 6.09 Å². The van der Waals surface area contributed by atoms with Crippen LogP contribution in [0, 0.1) is 11.3 Å². The maximum atomic E-state index is 12.0. The Hall–Kier alpha value is -2.06. The molecule has 0 fully saturated rings. The lowest BCUT2D eigenvalue weighted by molar-refractivity contribution is -0.155. The highest BCUT2D eigenvalue weighted by Crippen LogP contribution is 2.12. The number of hydrogen-bond donors (Lipinski definition) is 0. The lowest BCUT2D eigenvalue weighted by atomic mass is 10.2. The molecule has 0 aromatic heterocycles. The van der Waals surface area contributed by atoms with Gasteiger partial charge in [-0.2, -0.15) is 10.3 Å². The quantitative estimate of drug-likeness (QED) is 0.774. The molecule has 0 aliphatic carbocycles. The van der Waals surface area contributed by atoms with Gasteiger partial charge in [0.15, 0.2) is 0 Å². The van der Waals surface area contributed by atoms with Crippen LogP contribution in [0.25, 0.3) is 0 Å². The van der Waals surface area contributed by atoms with Gasteiger partial charge in [0.25, 0.3) is 0 Å². The first kappa shape index (κ1) is 16.0. The van der Waals surface area contributed by atoms with E-state index >= 15 is 0 Å². The third-order valence-electron chi connectivity index (χ3n) is 2.25. The van der Waals surface area contributed by atoms with Gasteiger partial charge in [0.2, 0.25) is 0 Å². The molecular weight excluding hydrogens is 256 g/mol. The molecular formula is C15H20N2O3. The largest absolute Gasteiger partial charge is 0.442 e. The van der Waals surface area contributed by atoms with E-state index in [0.717, 1.165) is 10.6 Å². The molecule has 1 rings (SSSR count). The highest BCUT2D eigenvalue weighted by Gasteiger charge is 2.22. The Balaban J connectivity index is 2.60. The number of nitriles is 1. The zero-order valence-electron chi connectivity index (χ0n) is 12.1. The summed E-state index contributed by atoms with van der Waals surface area (Å²) < 4.78 is 5.24.